The summed E-state index contributed by atoms with van der Waals surface area (Å²) in [6.07, 6.45) is 1.69. The Morgan fingerprint density at radius 3 is 2.61 bits per heavy atom. The summed E-state index contributed by atoms with van der Waals surface area (Å²) in [5.74, 6) is 0.368. The molecule has 0 aromatic heterocycles. The fourth-order valence-electron chi connectivity index (χ4n) is 3.24. The fraction of sp³-hybridized carbons (Fsp3) is 0.350. The molecule has 6 nitrogen and oxygen atoms in total. The standard InChI is InChI=1S/C20H23ClN2O4S/c1-20(2)12-17(14-7-5-6-8-18(14)27-20)22-19(24)15-11-13(9-10-16(15)21)23(3)28(4,25)26/h5-11,17H,12H2,1-4H3,(H,22,24)/t17-/m1/s1. The molecule has 28 heavy (non-hydrogen) atoms. The second-order valence-electron chi connectivity index (χ2n) is 7.52. The Morgan fingerprint density at radius 1 is 1.25 bits per heavy atom. The van der Waals surface area contributed by atoms with Crippen LogP contribution in [0.3, 0.4) is 0 Å². The van der Waals surface area contributed by atoms with Crippen molar-refractivity contribution in [2.45, 2.75) is 31.9 Å². The first-order valence-electron chi connectivity index (χ1n) is 8.80. The molecule has 0 radical (unpaired) electrons. The average molecular weight is 423 g/mol. The van der Waals surface area contributed by atoms with Gasteiger partial charge in [-0.05, 0) is 38.1 Å². The minimum absolute atomic E-state index is 0.219. The Balaban J connectivity index is 1.91. The van der Waals surface area contributed by atoms with Gasteiger partial charge in [0.1, 0.15) is 11.4 Å². The Kier molecular flexibility index (Phi) is 5.34. The zero-order valence-corrected chi connectivity index (χ0v) is 17.8. The van der Waals surface area contributed by atoms with Crippen LogP contribution in [-0.2, 0) is 10.0 Å². The van der Waals surface area contributed by atoms with Crippen molar-refractivity contribution in [1.82, 2.24) is 5.32 Å². The van der Waals surface area contributed by atoms with Crippen molar-refractivity contribution in [3.63, 3.8) is 0 Å². The maximum Gasteiger partial charge on any atom is 0.253 e. The van der Waals surface area contributed by atoms with Crippen LogP contribution in [0.25, 0.3) is 0 Å². The van der Waals surface area contributed by atoms with Crippen LogP contribution >= 0.6 is 11.6 Å². The zero-order chi connectivity index (χ0) is 20.7. The Labute approximate surface area is 170 Å². The minimum atomic E-state index is -3.45. The minimum Gasteiger partial charge on any atom is -0.487 e. The summed E-state index contributed by atoms with van der Waals surface area (Å²) in [4.78, 5) is 13.0. The number of hydrogen-bond acceptors (Lipinski definition) is 4. The molecule has 1 aliphatic heterocycles. The van der Waals surface area contributed by atoms with Crippen molar-refractivity contribution < 1.29 is 17.9 Å². The third-order valence-corrected chi connectivity index (χ3v) is 6.27. The Hall–Kier alpha value is -2.25. The lowest BCUT2D eigenvalue weighted by Gasteiger charge is -2.38. The molecule has 0 bridgehead atoms. The molecule has 0 spiro atoms. The van der Waals surface area contributed by atoms with Crippen molar-refractivity contribution in [2.24, 2.45) is 0 Å². The van der Waals surface area contributed by atoms with Crippen molar-refractivity contribution >= 4 is 33.2 Å². The molecule has 1 amide bonds. The largest absolute Gasteiger partial charge is 0.487 e. The highest BCUT2D eigenvalue weighted by Crippen LogP contribution is 2.39. The molecule has 0 saturated heterocycles. The number of ether oxygens (including phenoxy) is 1. The van der Waals surface area contributed by atoms with E-state index in [4.69, 9.17) is 16.3 Å². The van der Waals surface area contributed by atoms with E-state index in [-0.39, 0.29) is 22.5 Å². The van der Waals surface area contributed by atoms with Crippen LogP contribution in [0.15, 0.2) is 42.5 Å². The highest BCUT2D eigenvalue weighted by molar-refractivity contribution is 7.92. The van der Waals surface area contributed by atoms with Gasteiger partial charge in [-0.15, -0.1) is 0 Å². The van der Waals surface area contributed by atoms with Crippen molar-refractivity contribution in [3.8, 4) is 5.75 Å². The van der Waals surface area contributed by atoms with Gasteiger partial charge >= 0.3 is 0 Å². The number of benzene rings is 2. The van der Waals surface area contributed by atoms with E-state index in [9.17, 15) is 13.2 Å². The van der Waals surface area contributed by atoms with Gasteiger partial charge in [-0.2, -0.15) is 0 Å². The first kappa shape index (κ1) is 20.5. The SMILES string of the molecule is CN(c1ccc(Cl)c(C(=O)N[C@@H]2CC(C)(C)Oc3ccccc32)c1)S(C)(=O)=O. The van der Waals surface area contributed by atoms with E-state index in [1.165, 1.54) is 19.2 Å². The number of hydrogen-bond donors (Lipinski definition) is 1. The number of anilines is 1. The lowest BCUT2D eigenvalue weighted by atomic mass is 9.89. The number of halogens is 1. The van der Waals surface area contributed by atoms with Crippen LogP contribution in [0.1, 0.15) is 42.2 Å². The summed E-state index contributed by atoms with van der Waals surface area (Å²) in [7, 11) is -2.02. The maximum absolute atomic E-state index is 13.0. The molecule has 0 fully saturated rings. The lowest BCUT2D eigenvalue weighted by Crippen LogP contribution is -2.41. The van der Waals surface area contributed by atoms with Gasteiger partial charge in [0.05, 0.1) is 28.6 Å². The quantitative estimate of drug-likeness (QED) is 0.813. The van der Waals surface area contributed by atoms with Gasteiger partial charge in [-0.25, -0.2) is 8.42 Å². The molecule has 1 aliphatic rings. The number of para-hydroxylation sites is 1. The molecule has 2 aromatic carbocycles. The summed E-state index contributed by atoms with van der Waals surface area (Å²) in [5, 5.41) is 3.27. The lowest BCUT2D eigenvalue weighted by molar-refractivity contribution is 0.0620. The summed E-state index contributed by atoms with van der Waals surface area (Å²) >= 11 is 6.23. The van der Waals surface area contributed by atoms with Gasteiger partial charge in [0.15, 0.2) is 0 Å². The van der Waals surface area contributed by atoms with Crippen LogP contribution in [-0.4, -0.2) is 33.2 Å². The number of rotatable bonds is 4. The molecule has 1 atom stereocenters. The smallest absolute Gasteiger partial charge is 0.253 e. The first-order valence-corrected chi connectivity index (χ1v) is 11.0. The maximum atomic E-state index is 13.0. The highest BCUT2D eigenvalue weighted by atomic mass is 35.5. The molecular weight excluding hydrogens is 400 g/mol. The monoisotopic (exact) mass is 422 g/mol. The first-order chi connectivity index (χ1) is 13.0. The number of nitrogens with zero attached hydrogens (tertiary/aromatic N) is 1. The van der Waals surface area contributed by atoms with E-state index >= 15 is 0 Å². The number of carbonyl (C=O) groups excluding carboxylic acids is 1. The molecule has 1 N–H and O–H groups in total. The molecule has 0 saturated carbocycles. The van der Waals surface area contributed by atoms with Crippen LogP contribution < -0.4 is 14.4 Å². The topological polar surface area (TPSA) is 75.7 Å². The van der Waals surface area contributed by atoms with E-state index in [0.29, 0.717) is 12.1 Å². The normalized spacial score (nSPS) is 18.0. The molecule has 3 rings (SSSR count). The number of amides is 1. The zero-order valence-electron chi connectivity index (χ0n) is 16.2. The van der Waals surface area contributed by atoms with Crippen LogP contribution in [0, 0.1) is 0 Å². The van der Waals surface area contributed by atoms with E-state index in [1.807, 2.05) is 38.1 Å². The fourth-order valence-corrected chi connectivity index (χ4v) is 3.94. The molecule has 8 heteroatoms. The number of fused-ring (bicyclic) bond motifs is 1. The molecule has 1 heterocycles. The second-order valence-corrected chi connectivity index (χ2v) is 9.95. The van der Waals surface area contributed by atoms with E-state index < -0.39 is 15.6 Å². The highest BCUT2D eigenvalue weighted by Gasteiger charge is 2.34. The molecule has 0 aliphatic carbocycles. The third kappa shape index (κ3) is 4.25. The number of carbonyl (C=O) groups is 1. The van der Waals surface area contributed by atoms with Gasteiger partial charge in [-0.3, -0.25) is 9.10 Å². The summed E-state index contributed by atoms with van der Waals surface area (Å²) in [5.41, 5.74) is 1.05. The molecular formula is C20H23ClN2O4S. The molecule has 0 unspecified atom stereocenters. The van der Waals surface area contributed by atoms with E-state index in [0.717, 1.165) is 21.9 Å². The van der Waals surface area contributed by atoms with Gasteiger partial charge < -0.3 is 10.1 Å². The summed E-state index contributed by atoms with van der Waals surface area (Å²) < 4.78 is 30.7. The Morgan fingerprint density at radius 2 is 1.93 bits per heavy atom. The average Bonchev–Trinajstić information content (AvgIpc) is 2.59. The molecule has 2 aromatic rings. The van der Waals surface area contributed by atoms with Gasteiger partial charge in [0, 0.05) is 19.0 Å². The molecule has 150 valence electrons. The van der Waals surface area contributed by atoms with E-state index in [2.05, 4.69) is 5.32 Å². The van der Waals surface area contributed by atoms with Crippen LogP contribution in [0.4, 0.5) is 5.69 Å². The predicted molar refractivity (Wildman–Crippen MR) is 111 cm³/mol. The van der Waals surface area contributed by atoms with Gasteiger partial charge in [-0.1, -0.05) is 29.8 Å². The van der Waals surface area contributed by atoms with E-state index in [1.54, 1.807) is 6.07 Å². The third-order valence-electron chi connectivity index (χ3n) is 4.74. The van der Waals surface area contributed by atoms with Crippen LogP contribution in [0.2, 0.25) is 5.02 Å². The summed E-state index contributed by atoms with van der Waals surface area (Å²) in [6.45, 7) is 3.94. The predicted octanol–water partition coefficient (Wildman–Crippen LogP) is 3.77. The Bertz CT molecular complexity index is 1020. The van der Waals surface area contributed by atoms with Gasteiger partial charge in [0.2, 0.25) is 10.0 Å². The van der Waals surface area contributed by atoms with Crippen molar-refractivity contribution in [2.75, 3.05) is 17.6 Å². The number of nitrogens with one attached hydrogen (secondary N) is 1. The number of sulfonamides is 1. The summed E-state index contributed by atoms with van der Waals surface area (Å²) in [6, 6.07) is 11.9. The second kappa shape index (κ2) is 7.29. The van der Waals surface area contributed by atoms with Crippen LogP contribution in [0.5, 0.6) is 5.75 Å². The van der Waals surface area contributed by atoms with Crippen molar-refractivity contribution in [3.05, 3.63) is 58.6 Å². The van der Waals surface area contributed by atoms with Crippen molar-refractivity contribution in [1.29, 1.82) is 0 Å². The van der Waals surface area contributed by atoms with Gasteiger partial charge in [0.25, 0.3) is 5.91 Å².